The molecule has 5 aromatic rings. The van der Waals surface area contributed by atoms with Crippen molar-refractivity contribution in [3.8, 4) is 46.6 Å². The zero-order valence-corrected chi connectivity index (χ0v) is 35.7. The Morgan fingerprint density at radius 1 is 0.419 bits per heavy atom. The highest BCUT2D eigenvalue weighted by molar-refractivity contribution is 5.61. The molecule has 62 heavy (non-hydrogen) atoms. The second kappa shape index (κ2) is 24.5. The van der Waals surface area contributed by atoms with Gasteiger partial charge in [0.25, 0.3) is 0 Å². The summed E-state index contributed by atoms with van der Waals surface area (Å²) < 4.78 is 14.5. The summed E-state index contributed by atoms with van der Waals surface area (Å²) in [6.07, 6.45) is 18.5. The summed E-state index contributed by atoms with van der Waals surface area (Å²) >= 11 is 0. The maximum absolute atomic E-state index is 12.3. The lowest BCUT2D eigenvalue weighted by atomic mass is 10.1. The fraction of sp³-hybridized carbons (Fsp3) is 0.417. The average Bonchev–Trinajstić information content (AvgIpc) is 3.24. The van der Waals surface area contributed by atoms with E-state index in [-0.39, 0.29) is 11.4 Å². The number of nitrogens with one attached hydrogen (secondary N) is 4. The van der Waals surface area contributed by atoms with Crippen molar-refractivity contribution in [3.05, 3.63) is 146 Å². The lowest BCUT2D eigenvalue weighted by Crippen LogP contribution is -2.42. The van der Waals surface area contributed by atoms with Crippen molar-refractivity contribution in [1.29, 1.82) is 0 Å². The highest BCUT2D eigenvalue weighted by Gasteiger charge is 2.12. The standard InChI is InChI=1S/C48H56N6O8/c1-3-5-7-9-11-13-15-17-31-61-41-33-38(26-20-36-23-29-40(30-24-36)54-47(59)51-44(56)52-48(54)60)42(62-32-18-16-14-12-10-8-6-4-2)34-37(41)25-19-35-21-27-39(28-22-35)53-45(57)49-43(55)50-46(53)58/h21-24,27-30,33-34H,3-18,31-32H2,1-2H3,(H2,49,50,55,57,58)(H2,51,52,56,59,60). The highest BCUT2D eigenvalue weighted by atomic mass is 16.5. The Morgan fingerprint density at radius 2 is 0.726 bits per heavy atom. The molecule has 0 amide bonds. The Kier molecular flexibility index (Phi) is 18.3. The third kappa shape index (κ3) is 14.2. The van der Waals surface area contributed by atoms with Crippen LogP contribution in [0.15, 0.2) is 89.4 Å². The zero-order chi connectivity index (χ0) is 44.1. The number of H-pyrrole nitrogens is 4. The van der Waals surface area contributed by atoms with E-state index in [9.17, 15) is 28.8 Å². The zero-order valence-electron chi connectivity index (χ0n) is 35.7. The molecule has 0 aliphatic heterocycles. The van der Waals surface area contributed by atoms with Crippen molar-refractivity contribution < 1.29 is 9.47 Å². The highest BCUT2D eigenvalue weighted by Crippen LogP contribution is 2.29. The number of nitrogens with zero attached hydrogens (tertiary/aromatic N) is 2. The molecule has 4 N–H and O–H groups in total. The normalized spacial score (nSPS) is 10.7. The summed E-state index contributed by atoms with van der Waals surface area (Å²) in [6, 6.07) is 16.7. The quantitative estimate of drug-likeness (QED) is 0.0443. The summed E-state index contributed by atoms with van der Waals surface area (Å²) in [5.74, 6) is 13.9. The Balaban J connectivity index is 1.43. The molecule has 0 atom stereocenters. The van der Waals surface area contributed by atoms with Crippen molar-refractivity contribution in [1.82, 2.24) is 29.1 Å². The SMILES string of the molecule is CCCCCCCCCCOc1cc(C#Cc2ccc(-n3c(=O)[nH]c(=O)[nH]c3=O)cc2)c(OCCCCCCCCCC)cc1C#Cc1ccc(-n2c(=O)[nH]c(=O)[nH]c2=O)cc1. The Labute approximate surface area is 359 Å². The first-order chi connectivity index (χ1) is 30.2. The van der Waals surface area contributed by atoms with E-state index >= 15 is 0 Å². The van der Waals surface area contributed by atoms with Crippen molar-refractivity contribution in [2.24, 2.45) is 0 Å². The molecule has 0 spiro atoms. The van der Waals surface area contributed by atoms with Crippen LogP contribution >= 0.6 is 0 Å². The van der Waals surface area contributed by atoms with E-state index in [1.54, 1.807) is 48.5 Å². The molecule has 0 saturated carbocycles. The molecule has 0 radical (unpaired) electrons. The van der Waals surface area contributed by atoms with Gasteiger partial charge in [0.05, 0.1) is 35.7 Å². The number of benzene rings is 3. The van der Waals surface area contributed by atoms with Crippen molar-refractivity contribution >= 4 is 0 Å². The van der Waals surface area contributed by atoms with Crippen LogP contribution in [0.2, 0.25) is 0 Å². The van der Waals surface area contributed by atoms with E-state index in [4.69, 9.17) is 9.47 Å². The summed E-state index contributed by atoms with van der Waals surface area (Å²) in [6.45, 7) is 5.39. The molecule has 0 unspecified atom stereocenters. The minimum absolute atomic E-state index is 0.264. The molecule has 326 valence electrons. The minimum Gasteiger partial charge on any atom is -0.492 e. The largest absolute Gasteiger partial charge is 0.492 e. The first-order valence-electron chi connectivity index (χ1n) is 21.8. The van der Waals surface area contributed by atoms with Gasteiger partial charge < -0.3 is 9.47 Å². The van der Waals surface area contributed by atoms with Crippen LogP contribution < -0.4 is 43.6 Å². The summed E-state index contributed by atoms with van der Waals surface area (Å²) in [7, 11) is 0. The second-order valence-electron chi connectivity index (χ2n) is 15.1. The number of hydrogen-bond donors (Lipinski definition) is 4. The molecular weight excluding hydrogens is 789 g/mol. The lowest BCUT2D eigenvalue weighted by Gasteiger charge is -2.14. The van der Waals surface area contributed by atoms with Gasteiger partial charge in [-0.3, -0.25) is 19.9 Å². The van der Waals surface area contributed by atoms with Gasteiger partial charge in [0, 0.05) is 23.3 Å². The lowest BCUT2D eigenvalue weighted by molar-refractivity contribution is 0.295. The van der Waals surface area contributed by atoms with Gasteiger partial charge in [0.2, 0.25) is 0 Å². The molecule has 14 heteroatoms. The van der Waals surface area contributed by atoms with E-state index in [0.717, 1.165) is 47.7 Å². The first-order valence-corrected chi connectivity index (χ1v) is 21.8. The molecule has 0 bridgehead atoms. The van der Waals surface area contributed by atoms with Crippen LogP contribution in [-0.2, 0) is 0 Å². The third-order valence-corrected chi connectivity index (χ3v) is 10.2. The summed E-state index contributed by atoms with van der Waals surface area (Å²) in [5, 5.41) is 0. The molecule has 3 aromatic carbocycles. The van der Waals surface area contributed by atoms with E-state index in [0.29, 0.717) is 47.0 Å². The van der Waals surface area contributed by atoms with Crippen molar-refractivity contribution in [2.45, 2.75) is 117 Å². The molecule has 0 saturated heterocycles. The average molecular weight is 845 g/mol. The van der Waals surface area contributed by atoms with Gasteiger partial charge >= 0.3 is 34.1 Å². The van der Waals surface area contributed by atoms with Gasteiger partial charge in [0.15, 0.2) is 0 Å². The van der Waals surface area contributed by atoms with Crippen LogP contribution in [-0.4, -0.2) is 42.3 Å². The van der Waals surface area contributed by atoms with Gasteiger partial charge in [-0.15, -0.1) is 0 Å². The summed E-state index contributed by atoms with van der Waals surface area (Å²) in [5.41, 5.74) is -2.23. The first kappa shape index (κ1) is 46.3. The monoisotopic (exact) mass is 844 g/mol. The molecule has 0 aliphatic rings. The molecule has 5 rings (SSSR count). The molecule has 0 aliphatic carbocycles. The third-order valence-electron chi connectivity index (χ3n) is 10.2. The molecule has 2 heterocycles. The second-order valence-corrected chi connectivity index (χ2v) is 15.1. The smallest absolute Gasteiger partial charge is 0.338 e. The maximum Gasteiger partial charge on any atom is 0.338 e. The van der Waals surface area contributed by atoms with Crippen LogP contribution in [0, 0.1) is 23.7 Å². The number of aromatic amines is 4. The van der Waals surface area contributed by atoms with E-state index in [1.165, 1.54) is 64.2 Å². The molecule has 2 aromatic heterocycles. The predicted octanol–water partition coefficient (Wildman–Crippen LogP) is 6.58. The maximum atomic E-state index is 12.3. The number of unbranched alkanes of at least 4 members (excludes halogenated alkanes) is 14. The van der Waals surface area contributed by atoms with Crippen LogP contribution in [0.3, 0.4) is 0 Å². The van der Waals surface area contributed by atoms with Crippen LogP contribution in [0.25, 0.3) is 11.4 Å². The molecular formula is C48H56N6O8. The van der Waals surface area contributed by atoms with E-state index in [2.05, 4.69) is 57.5 Å². The van der Waals surface area contributed by atoms with Crippen molar-refractivity contribution in [3.63, 3.8) is 0 Å². The van der Waals surface area contributed by atoms with Crippen LogP contribution in [0.1, 0.15) is 139 Å². The number of ether oxygens (including phenoxy) is 2. The number of aromatic nitrogens is 6. The molecule has 0 fully saturated rings. The number of rotatable bonds is 22. The van der Waals surface area contributed by atoms with Gasteiger partial charge in [-0.05, 0) is 61.4 Å². The van der Waals surface area contributed by atoms with Crippen LogP contribution in [0.4, 0.5) is 0 Å². The molecule has 14 nitrogen and oxygen atoms in total. The predicted molar refractivity (Wildman–Crippen MR) is 241 cm³/mol. The Hall–Kier alpha value is -6.80. The van der Waals surface area contributed by atoms with Crippen LogP contribution in [0.5, 0.6) is 11.5 Å². The number of hydrogen-bond acceptors (Lipinski definition) is 8. The summed E-state index contributed by atoms with van der Waals surface area (Å²) in [4.78, 5) is 80.7. The van der Waals surface area contributed by atoms with E-state index < -0.39 is 34.1 Å². The fourth-order valence-electron chi connectivity index (χ4n) is 6.83. The van der Waals surface area contributed by atoms with Gasteiger partial charge in [0.1, 0.15) is 11.5 Å². The van der Waals surface area contributed by atoms with Gasteiger partial charge in [-0.2, -0.15) is 0 Å². The topological polar surface area (TPSA) is 194 Å². The Morgan fingerprint density at radius 3 is 1.05 bits per heavy atom. The van der Waals surface area contributed by atoms with Gasteiger partial charge in [-0.25, -0.2) is 37.9 Å². The fourth-order valence-corrected chi connectivity index (χ4v) is 6.83. The van der Waals surface area contributed by atoms with Gasteiger partial charge in [-0.1, -0.05) is 127 Å². The van der Waals surface area contributed by atoms with Crippen molar-refractivity contribution in [2.75, 3.05) is 13.2 Å². The Bertz CT molecular complexity index is 2460. The van der Waals surface area contributed by atoms with E-state index in [1.807, 2.05) is 12.1 Å². The minimum atomic E-state index is -0.881.